The normalized spacial score (nSPS) is 25.8. The Hall–Kier alpha value is -1.72. The monoisotopic (exact) mass is 441 g/mol. The predicted octanol–water partition coefficient (Wildman–Crippen LogP) is 0.0461. The zero-order valence-corrected chi connectivity index (χ0v) is 18.3. The molecule has 0 bridgehead atoms. The summed E-state index contributed by atoms with van der Waals surface area (Å²) in [5.74, 6) is 0.288. The molecular formula is C20H31N3O6S. The molecule has 2 fully saturated rings. The lowest BCUT2D eigenvalue weighted by Crippen LogP contribution is -2.52. The lowest BCUT2D eigenvalue weighted by molar-refractivity contribution is -0.141. The molecular weight excluding hydrogens is 410 g/mol. The Morgan fingerprint density at radius 1 is 1.23 bits per heavy atom. The van der Waals surface area contributed by atoms with Crippen LogP contribution < -0.4 is 9.46 Å². The molecule has 0 aromatic heterocycles. The first-order valence-electron chi connectivity index (χ1n) is 10.2. The van der Waals surface area contributed by atoms with Crippen LogP contribution in [-0.2, 0) is 19.6 Å². The van der Waals surface area contributed by atoms with Gasteiger partial charge in [-0.2, -0.15) is 0 Å². The van der Waals surface area contributed by atoms with Crippen LogP contribution in [0.3, 0.4) is 0 Å². The van der Waals surface area contributed by atoms with Crippen molar-refractivity contribution in [1.29, 1.82) is 0 Å². The van der Waals surface area contributed by atoms with E-state index in [1.807, 2.05) is 11.9 Å². The van der Waals surface area contributed by atoms with Crippen LogP contribution in [0.1, 0.15) is 19.3 Å². The molecule has 10 heteroatoms. The maximum atomic E-state index is 12.8. The average Bonchev–Trinajstić information content (AvgIpc) is 2.75. The van der Waals surface area contributed by atoms with Gasteiger partial charge in [-0.05, 0) is 32.0 Å². The van der Waals surface area contributed by atoms with Gasteiger partial charge >= 0.3 is 0 Å². The molecule has 9 nitrogen and oxygen atoms in total. The molecule has 0 aliphatic carbocycles. The lowest BCUT2D eigenvalue weighted by atomic mass is 9.97. The van der Waals surface area contributed by atoms with Crippen molar-refractivity contribution in [3.63, 3.8) is 0 Å². The SMILES string of the molecule is COc1ccccc1S(=O)(=O)N[C@@H]1CC[C@@H](CC(=O)N2CCN(C)CC2)O[C@H]1CO. The summed E-state index contributed by atoms with van der Waals surface area (Å²) in [7, 11) is -0.409. The number of carbonyl (C=O) groups excluding carboxylic acids is 1. The molecule has 1 amide bonds. The van der Waals surface area contributed by atoms with Gasteiger partial charge in [0, 0.05) is 26.2 Å². The smallest absolute Gasteiger partial charge is 0.244 e. The molecule has 3 atom stereocenters. The second kappa shape index (κ2) is 10.1. The molecule has 1 aromatic carbocycles. The molecule has 30 heavy (non-hydrogen) atoms. The number of carbonyl (C=O) groups is 1. The number of ether oxygens (including phenoxy) is 2. The largest absolute Gasteiger partial charge is 0.495 e. The molecule has 3 rings (SSSR count). The van der Waals surface area contributed by atoms with Crippen LogP contribution in [0.15, 0.2) is 29.2 Å². The molecule has 0 spiro atoms. The van der Waals surface area contributed by atoms with E-state index in [9.17, 15) is 18.3 Å². The molecule has 2 N–H and O–H groups in total. The van der Waals surface area contributed by atoms with E-state index in [1.165, 1.54) is 13.2 Å². The van der Waals surface area contributed by atoms with E-state index in [0.717, 1.165) is 13.1 Å². The van der Waals surface area contributed by atoms with Gasteiger partial charge in [0.1, 0.15) is 10.6 Å². The van der Waals surface area contributed by atoms with Crippen molar-refractivity contribution in [3.8, 4) is 5.75 Å². The highest BCUT2D eigenvalue weighted by molar-refractivity contribution is 7.89. The van der Waals surface area contributed by atoms with Gasteiger partial charge in [0.05, 0.1) is 38.4 Å². The van der Waals surface area contributed by atoms with Crippen LogP contribution in [0.2, 0.25) is 0 Å². The van der Waals surface area contributed by atoms with Crippen molar-refractivity contribution in [3.05, 3.63) is 24.3 Å². The van der Waals surface area contributed by atoms with Crippen molar-refractivity contribution in [2.24, 2.45) is 0 Å². The topological polar surface area (TPSA) is 108 Å². The van der Waals surface area contributed by atoms with Crippen LogP contribution >= 0.6 is 0 Å². The van der Waals surface area contributed by atoms with E-state index < -0.39 is 22.2 Å². The Balaban J connectivity index is 1.60. The second-order valence-corrected chi connectivity index (χ2v) is 9.51. The minimum absolute atomic E-state index is 0.0385. The Morgan fingerprint density at radius 2 is 1.93 bits per heavy atom. The summed E-state index contributed by atoms with van der Waals surface area (Å²) >= 11 is 0. The number of nitrogens with one attached hydrogen (secondary N) is 1. The van der Waals surface area contributed by atoms with Crippen molar-refractivity contribution in [2.45, 2.75) is 42.4 Å². The Labute approximate surface area is 178 Å². The van der Waals surface area contributed by atoms with E-state index >= 15 is 0 Å². The fraction of sp³-hybridized carbons (Fsp3) is 0.650. The first-order chi connectivity index (χ1) is 14.3. The van der Waals surface area contributed by atoms with E-state index in [-0.39, 0.29) is 35.7 Å². The second-order valence-electron chi connectivity index (χ2n) is 7.82. The van der Waals surface area contributed by atoms with E-state index in [4.69, 9.17) is 9.47 Å². The molecule has 0 saturated carbocycles. The first kappa shape index (κ1) is 23.0. The minimum Gasteiger partial charge on any atom is -0.495 e. The van der Waals surface area contributed by atoms with Gasteiger partial charge in [0.2, 0.25) is 15.9 Å². The summed E-state index contributed by atoms with van der Waals surface area (Å²) in [5, 5.41) is 9.77. The fourth-order valence-corrected chi connectivity index (χ4v) is 5.37. The first-order valence-corrected chi connectivity index (χ1v) is 11.7. The highest BCUT2D eigenvalue weighted by Crippen LogP contribution is 2.27. The average molecular weight is 442 g/mol. The van der Waals surface area contributed by atoms with Crippen LogP contribution in [0, 0.1) is 0 Å². The van der Waals surface area contributed by atoms with E-state index in [2.05, 4.69) is 9.62 Å². The highest BCUT2D eigenvalue weighted by atomic mass is 32.2. The quantitative estimate of drug-likeness (QED) is 0.615. The number of hydrogen-bond acceptors (Lipinski definition) is 7. The van der Waals surface area contributed by atoms with E-state index in [1.54, 1.807) is 18.2 Å². The summed E-state index contributed by atoms with van der Waals surface area (Å²) in [6, 6.07) is 5.78. The third-order valence-corrected chi connectivity index (χ3v) is 7.25. The van der Waals surface area contributed by atoms with Gasteiger partial charge in [-0.25, -0.2) is 13.1 Å². The predicted molar refractivity (Wildman–Crippen MR) is 111 cm³/mol. The number of para-hydroxylation sites is 1. The molecule has 2 saturated heterocycles. The molecule has 168 valence electrons. The summed E-state index contributed by atoms with van der Waals surface area (Å²) < 4.78 is 39.4. The summed E-state index contributed by atoms with van der Waals surface area (Å²) in [6.07, 6.45) is 0.205. The fourth-order valence-electron chi connectivity index (χ4n) is 3.90. The van der Waals surface area contributed by atoms with Gasteiger partial charge < -0.3 is 24.4 Å². The number of hydrogen-bond donors (Lipinski definition) is 2. The van der Waals surface area contributed by atoms with Gasteiger partial charge in [-0.1, -0.05) is 12.1 Å². The van der Waals surface area contributed by atoms with Crippen molar-refractivity contribution >= 4 is 15.9 Å². The zero-order valence-electron chi connectivity index (χ0n) is 17.5. The number of methoxy groups -OCH3 is 1. The Kier molecular flexibility index (Phi) is 7.70. The summed E-state index contributed by atoms with van der Waals surface area (Å²) in [6.45, 7) is 2.77. The van der Waals surface area contributed by atoms with Crippen molar-refractivity contribution < 1.29 is 27.8 Å². The summed E-state index contributed by atoms with van der Waals surface area (Å²) in [4.78, 5) is 16.6. The lowest BCUT2D eigenvalue weighted by Gasteiger charge is -2.37. The van der Waals surface area contributed by atoms with Crippen LogP contribution in [-0.4, -0.2) is 94.4 Å². The van der Waals surface area contributed by atoms with Gasteiger partial charge in [0.15, 0.2) is 0 Å². The molecule has 2 heterocycles. The minimum atomic E-state index is -3.85. The number of likely N-dealkylation sites (N-methyl/N-ethyl adjacent to an activating group) is 1. The maximum absolute atomic E-state index is 12.8. The third-order valence-electron chi connectivity index (χ3n) is 5.72. The van der Waals surface area contributed by atoms with Crippen LogP contribution in [0.25, 0.3) is 0 Å². The summed E-state index contributed by atoms with van der Waals surface area (Å²) in [5.41, 5.74) is 0. The standard InChI is InChI=1S/C20H31N3O6S/c1-22-9-11-23(12-10-22)20(25)13-15-7-8-16(18(14-24)29-15)21-30(26,27)19-6-4-3-5-17(19)28-2/h3-6,15-16,18,21,24H,7-14H2,1-2H3/t15-,16+,18-/m0/s1. The van der Waals surface area contributed by atoms with Gasteiger partial charge in [0.25, 0.3) is 0 Å². The van der Waals surface area contributed by atoms with Crippen molar-refractivity contribution in [1.82, 2.24) is 14.5 Å². The van der Waals surface area contributed by atoms with Gasteiger partial charge in [-0.3, -0.25) is 4.79 Å². The molecule has 2 aliphatic rings. The third kappa shape index (κ3) is 5.50. The number of aliphatic hydroxyl groups excluding tert-OH is 1. The number of rotatable bonds is 7. The van der Waals surface area contributed by atoms with Gasteiger partial charge in [-0.15, -0.1) is 0 Å². The van der Waals surface area contributed by atoms with E-state index in [0.29, 0.717) is 25.9 Å². The molecule has 0 unspecified atom stereocenters. The molecule has 0 radical (unpaired) electrons. The van der Waals surface area contributed by atoms with Crippen LogP contribution in [0.4, 0.5) is 0 Å². The number of aliphatic hydroxyl groups is 1. The Bertz CT molecular complexity index is 826. The van der Waals surface area contributed by atoms with Crippen LogP contribution in [0.5, 0.6) is 5.75 Å². The maximum Gasteiger partial charge on any atom is 0.244 e. The number of amides is 1. The van der Waals surface area contributed by atoms with Crippen molar-refractivity contribution in [2.75, 3.05) is 46.9 Å². The molecule has 2 aliphatic heterocycles. The highest BCUT2D eigenvalue weighted by Gasteiger charge is 2.36. The number of benzene rings is 1. The Morgan fingerprint density at radius 3 is 2.60 bits per heavy atom. The number of nitrogens with zero attached hydrogens (tertiary/aromatic N) is 2. The molecule has 1 aromatic rings. The zero-order chi connectivity index (χ0) is 21.7. The number of piperazine rings is 1. The number of sulfonamides is 1.